The summed E-state index contributed by atoms with van der Waals surface area (Å²) in [5.41, 5.74) is -0.893. The first-order chi connectivity index (χ1) is 12.3. The van der Waals surface area contributed by atoms with Gasteiger partial charge in [0.1, 0.15) is 23.0 Å². The molecule has 2 rings (SSSR count). The fraction of sp³-hybridized carbons (Fsp3) is 0.222. The van der Waals surface area contributed by atoms with Gasteiger partial charge in [-0.3, -0.25) is 14.6 Å². The van der Waals surface area contributed by atoms with Crippen LogP contribution in [0.2, 0.25) is 0 Å². The second-order valence-electron chi connectivity index (χ2n) is 5.35. The molecule has 0 bridgehead atoms. The number of amides is 3. The summed E-state index contributed by atoms with van der Waals surface area (Å²) in [5, 5.41) is 0. The van der Waals surface area contributed by atoms with Gasteiger partial charge >= 0.3 is 6.03 Å². The largest absolute Gasteiger partial charge is 0.331 e. The van der Waals surface area contributed by atoms with Crippen molar-refractivity contribution < 1.29 is 22.8 Å². The van der Waals surface area contributed by atoms with Gasteiger partial charge in [0, 0.05) is 19.0 Å². The lowest BCUT2D eigenvalue weighted by molar-refractivity contribution is 0.0827. The highest BCUT2D eigenvalue weighted by atomic mass is 32.2. The van der Waals surface area contributed by atoms with Crippen LogP contribution in [0.5, 0.6) is 0 Å². The van der Waals surface area contributed by atoms with Crippen LogP contribution >= 0.6 is 11.8 Å². The van der Waals surface area contributed by atoms with E-state index in [1.807, 2.05) is 6.92 Å². The lowest BCUT2D eigenvalue weighted by Crippen LogP contribution is -2.43. The minimum absolute atomic E-state index is 0.0518. The number of urea groups is 1. The standard InChI is InChI=1S/C18H17F3N2O2S/c1-4-26-11-8-9-15(14(21)10-11)22(2)18(25)23(3)17(24)16-12(19)6-5-7-13(16)20/h5-10H,4H2,1-3H3. The third-order valence-corrected chi connectivity index (χ3v) is 4.52. The van der Waals surface area contributed by atoms with Gasteiger partial charge in [0.2, 0.25) is 0 Å². The molecule has 3 amide bonds. The topological polar surface area (TPSA) is 40.6 Å². The zero-order chi connectivity index (χ0) is 19.4. The molecule has 0 aliphatic heterocycles. The molecule has 4 nitrogen and oxygen atoms in total. The molecule has 0 N–H and O–H groups in total. The van der Waals surface area contributed by atoms with Crippen LogP contribution in [0.3, 0.4) is 0 Å². The van der Waals surface area contributed by atoms with E-state index in [9.17, 15) is 22.8 Å². The van der Waals surface area contributed by atoms with Gasteiger partial charge in [-0.15, -0.1) is 11.8 Å². The lowest BCUT2D eigenvalue weighted by atomic mass is 10.1. The summed E-state index contributed by atoms with van der Waals surface area (Å²) in [6.45, 7) is 1.93. The van der Waals surface area contributed by atoms with Crippen LogP contribution in [-0.4, -0.2) is 36.7 Å². The predicted molar refractivity (Wildman–Crippen MR) is 95.0 cm³/mol. The number of nitrogens with zero attached hydrogens (tertiary/aromatic N) is 2. The fourth-order valence-corrected chi connectivity index (χ4v) is 2.99. The maximum atomic E-state index is 14.3. The van der Waals surface area contributed by atoms with Crippen LogP contribution in [-0.2, 0) is 0 Å². The Morgan fingerprint density at radius 3 is 2.15 bits per heavy atom. The first-order valence-corrected chi connectivity index (χ1v) is 8.68. The Bertz CT molecular complexity index is 825. The van der Waals surface area contributed by atoms with Gasteiger partial charge in [-0.2, -0.15) is 0 Å². The van der Waals surface area contributed by atoms with E-state index in [-0.39, 0.29) is 5.69 Å². The predicted octanol–water partition coefficient (Wildman–Crippen LogP) is 4.54. The molecule has 0 saturated carbocycles. The van der Waals surface area contributed by atoms with Crippen LogP contribution in [0, 0.1) is 17.5 Å². The van der Waals surface area contributed by atoms with E-state index in [4.69, 9.17) is 0 Å². The molecule has 2 aromatic carbocycles. The van der Waals surface area contributed by atoms with Gasteiger partial charge in [0.05, 0.1) is 5.69 Å². The Hall–Kier alpha value is -2.48. The number of thioether (sulfide) groups is 1. The molecule has 0 heterocycles. The van der Waals surface area contributed by atoms with Crippen LogP contribution in [0.25, 0.3) is 0 Å². The third kappa shape index (κ3) is 4.01. The van der Waals surface area contributed by atoms with E-state index in [1.165, 1.54) is 30.9 Å². The van der Waals surface area contributed by atoms with Gasteiger partial charge < -0.3 is 0 Å². The van der Waals surface area contributed by atoms with Crippen molar-refractivity contribution >= 4 is 29.4 Å². The molecule has 0 atom stereocenters. The molecule has 0 aliphatic rings. The molecule has 138 valence electrons. The smallest absolute Gasteiger partial charge is 0.294 e. The molecule has 0 spiro atoms. The molecule has 2 aromatic rings. The van der Waals surface area contributed by atoms with Crippen molar-refractivity contribution in [3.8, 4) is 0 Å². The Balaban J connectivity index is 2.26. The van der Waals surface area contributed by atoms with Crippen molar-refractivity contribution in [1.29, 1.82) is 0 Å². The maximum Gasteiger partial charge on any atom is 0.331 e. The van der Waals surface area contributed by atoms with Gasteiger partial charge in [-0.1, -0.05) is 13.0 Å². The summed E-state index contributed by atoms with van der Waals surface area (Å²) in [5.74, 6) is -3.19. The Labute approximate surface area is 153 Å². The number of imide groups is 1. The first-order valence-electron chi connectivity index (χ1n) is 7.70. The summed E-state index contributed by atoms with van der Waals surface area (Å²) in [6.07, 6.45) is 0. The zero-order valence-electron chi connectivity index (χ0n) is 14.4. The number of carbonyl (C=O) groups excluding carboxylic acids is 2. The number of carbonyl (C=O) groups is 2. The number of hydrogen-bond acceptors (Lipinski definition) is 3. The van der Waals surface area contributed by atoms with E-state index in [1.54, 1.807) is 6.07 Å². The minimum Gasteiger partial charge on any atom is -0.294 e. The van der Waals surface area contributed by atoms with Crippen LogP contribution in [0.15, 0.2) is 41.3 Å². The molecular weight excluding hydrogens is 365 g/mol. The average Bonchev–Trinajstić information content (AvgIpc) is 2.60. The second kappa shape index (κ2) is 8.27. The third-order valence-electron chi connectivity index (χ3n) is 3.65. The molecule has 0 unspecified atom stereocenters. The van der Waals surface area contributed by atoms with E-state index in [0.717, 1.165) is 35.9 Å². The fourth-order valence-electron chi connectivity index (χ4n) is 2.30. The van der Waals surface area contributed by atoms with Crippen molar-refractivity contribution in [3.63, 3.8) is 0 Å². The summed E-state index contributed by atoms with van der Waals surface area (Å²) in [7, 11) is 2.35. The van der Waals surface area contributed by atoms with E-state index in [2.05, 4.69) is 0 Å². The lowest BCUT2D eigenvalue weighted by Gasteiger charge is -2.24. The van der Waals surface area contributed by atoms with Crippen LogP contribution < -0.4 is 4.90 Å². The highest BCUT2D eigenvalue weighted by molar-refractivity contribution is 7.99. The Morgan fingerprint density at radius 2 is 1.62 bits per heavy atom. The summed E-state index contributed by atoms with van der Waals surface area (Å²) in [6, 6.07) is 6.37. The zero-order valence-corrected chi connectivity index (χ0v) is 15.2. The second-order valence-corrected chi connectivity index (χ2v) is 6.69. The highest BCUT2D eigenvalue weighted by Crippen LogP contribution is 2.26. The van der Waals surface area contributed by atoms with Crippen molar-refractivity contribution in [2.75, 3.05) is 24.7 Å². The number of anilines is 1. The van der Waals surface area contributed by atoms with Gasteiger partial charge in [-0.05, 0) is 36.1 Å². The monoisotopic (exact) mass is 382 g/mol. The molecular formula is C18H17F3N2O2S. The molecule has 0 aromatic heterocycles. The van der Waals surface area contributed by atoms with E-state index in [0.29, 0.717) is 9.80 Å². The molecule has 26 heavy (non-hydrogen) atoms. The van der Waals surface area contributed by atoms with Crippen molar-refractivity contribution in [2.45, 2.75) is 11.8 Å². The molecule has 8 heteroatoms. The molecule has 0 aliphatic carbocycles. The maximum absolute atomic E-state index is 14.3. The number of benzene rings is 2. The minimum atomic E-state index is -1.16. The average molecular weight is 382 g/mol. The quantitative estimate of drug-likeness (QED) is 0.729. The van der Waals surface area contributed by atoms with Gasteiger partial charge in [-0.25, -0.2) is 18.0 Å². The number of rotatable bonds is 4. The first kappa shape index (κ1) is 19.8. The number of hydrogen-bond donors (Lipinski definition) is 0. The molecule has 0 radical (unpaired) electrons. The normalized spacial score (nSPS) is 10.5. The van der Waals surface area contributed by atoms with Crippen molar-refractivity contribution in [1.82, 2.24) is 4.90 Å². The summed E-state index contributed by atoms with van der Waals surface area (Å²) in [4.78, 5) is 26.9. The van der Waals surface area contributed by atoms with E-state index >= 15 is 0 Å². The van der Waals surface area contributed by atoms with E-state index < -0.39 is 35.0 Å². The highest BCUT2D eigenvalue weighted by Gasteiger charge is 2.28. The van der Waals surface area contributed by atoms with Crippen molar-refractivity contribution in [2.24, 2.45) is 0 Å². The Morgan fingerprint density at radius 1 is 1.00 bits per heavy atom. The molecule has 0 saturated heterocycles. The van der Waals surface area contributed by atoms with Crippen molar-refractivity contribution in [3.05, 3.63) is 59.4 Å². The summed E-state index contributed by atoms with van der Waals surface area (Å²) < 4.78 is 41.8. The molecule has 0 fully saturated rings. The van der Waals surface area contributed by atoms with Crippen LogP contribution in [0.4, 0.5) is 23.7 Å². The van der Waals surface area contributed by atoms with Crippen LogP contribution in [0.1, 0.15) is 17.3 Å². The SMILES string of the molecule is CCSc1ccc(N(C)C(=O)N(C)C(=O)c2c(F)cccc2F)c(F)c1. The van der Waals surface area contributed by atoms with Gasteiger partial charge in [0.25, 0.3) is 5.91 Å². The number of halogens is 3. The summed E-state index contributed by atoms with van der Waals surface area (Å²) >= 11 is 1.44. The van der Waals surface area contributed by atoms with Gasteiger partial charge in [0.15, 0.2) is 0 Å². The Kier molecular flexibility index (Phi) is 6.31.